The Bertz CT molecular complexity index is 431. The van der Waals surface area contributed by atoms with Gasteiger partial charge >= 0.3 is 0 Å². The van der Waals surface area contributed by atoms with Crippen LogP contribution in [0.1, 0.15) is 26.7 Å². The van der Waals surface area contributed by atoms with E-state index in [0.717, 1.165) is 38.2 Å². The number of halogens is 2. The van der Waals surface area contributed by atoms with Gasteiger partial charge in [-0.2, -0.15) is 0 Å². The van der Waals surface area contributed by atoms with Crippen molar-refractivity contribution in [2.45, 2.75) is 45.2 Å². The monoisotopic (exact) mass is 325 g/mol. The first kappa shape index (κ1) is 18.1. The van der Waals surface area contributed by atoms with Gasteiger partial charge in [-0.1, -0.05) is 32.0 Å². The molecule has 130 valence electrons. The number of alkyl halides is 2. The van der Waals surface area contributed by atoms with Gasteiger partial charge in [-0.25, -0.2) is 8.78 Å². The van der Waals surface area contributed by atoms with Crippen LogP contribution in [0.25, 0.3) is 0 Å². The first-order chi connectivity index (χ1) is 11.0. The molecule has 2 rings (SSSR count). The van der Waals surface area contributed by atoms with Crippen LogP contribution in [-0.2, 0) is 0 Å². The maximum Gasteiger partial charge on any atom is 0.251 e. The Morgan fingerprint density at radius 3 is 2.35 bits per heavy atom. The summed E-state index contributed by atoms with van der Waals surface area (Å²) in [4.78, 5) is 1.87. The van der Waals surface area contributed by atoms with E-state index >= 15 is 0 Å². The van der Waals surface area contributed by atoms with Crippen LogP contribution in [0.2, 0.25) is 0 Å². The molecule has 0 aliphatic carbocycles. The molecule has 3 nitrogen and oxygen atoms in total. The highest BCUT2D eigenvalue weighted by molar-refractivity contribution is 5.43. The van der Waals surface area contributed by atoms with E-state index in [1.165, 1.54) is 0 Å². The maximum absolute atomic E-state index is 12.4. The van der Waals surface area contributed by atoms with Crippen molar-refractivity contribution in [3.8, 4) is 0 Å². The zero-order chi connectivity index (χ0) is 16.7. The van der Waals surface area contributed by atoms with Crippen LogP contribution < -0.4 is 10.6 Å². The summed E-state index contributed by atoms with van der Waals surface area (Å²) in [6.07, 6.45) is -0.328. The largest absolute Gasteiger partial charge is 0.381 e. The van der Waals surface area contributed by atoms with Gasteiger partial charge in [0, 0.05) is 24.3 Å². The molecule has 2 N–H and O–H groups in total. The quantitative estimate of drug-likeness (QED) is 0.767. The summed E-state index contributed by atoms with van der Waals surface area (Å²) in [5.41, 5.74) is 1.14. The summed E-state index contributed by atoms with van der Waals surface area (Å²) in [6, 6.07) is 11.0. The van der Waals surface area contributed by atoms with Gasteiger partial charge in [0.25, 0.3) is 6.43 Å². The first-order valence-corrected chi connectivity index (χ1v) is 8.60. The highest BCUT2D eigenvalue weighted by Crippen LogP contribution is 2.15. The van der Waals surface area contributed by atoms with Gasteiger partial charge in [0.15, 0.2) is 0 Å². The fourth-order valence-electron chi connectivity index (χ4n) is 3.01. The lowest BCUT2D eigenvalue weighted by Crippen LogP contribution is -2.47. The lowest BCUT2D eigenvalue weighted by molar-refractivity contribution is 0.0729. The minimum atomic E-state index is -2.22. The normalized spacial score (nSPS) is 18.5. The third kappa shape index (κ3) is 6.43. The third-order valence-electron chi connectivity index (χ3n) is 4.54. The highest BCUT2D eigenvalue weighted by atomic mass is 19.3. The number of nitrogens with zero attached hydrogens (tertiary/aromatic N) is 1. The van der Waals surface area contributed by atoms with Gasteiger partial charge in [0.1, 0.15) is 0 Å². The smallest absolute Gasteiger partial charge is 0.251 e. The Morgan fingerprint density at radius 2 is 1.78 bits per heavy atom. The maximum atomic E-state index is 12.4. The molecule has 0 aromatic heterocycles. The zero-order valence-corrected chi connectivity index (χ0v) is 14.1. The van der Waals surface area contributed by atoms with E-state index in [-0.39, 0.29) is 6.54 Å². The van der Waals surface area contributed by atoms with E-state index in [4.69, 9.17) is 0 Å². The molecule has 5 heteroatoms. The molecule has 1 aliphatic rings. The molecule has 1 heterocycles. The van der Waals surface area contributed by atoms with Crippen LogP contribution in [0.15, 0.2) is 30.3 Å². The number of benzene rings is 1. The molecule has 1 aromatic rings. The molecule has 1 saturated heterocycles. The van der Waals surface area contributed by atoms with E-state index in [9.17, 15) is 8.78 Å². The van der Waals surface area contributed by atoms with Crippen molar-refractivity contribution >= 4 is 5.69 Å². The van der Waals surface area contributed by atoms with Gasteiger partial charge in [-0.05, 0) is 44.0 Å². The standard InChI is InChI=1S/C18H29F2N3/c1-14(2)17(22-16-6-4-3-5-7-16)12-21-15-8-10-23(11-9-15)13-18(19)20/h3-7,14-15,17-18,21-22H,8-13H2,1-2H3/t17-/m1/s1. The summed E-state index contributed by atoms with van der Waals surface area (Å²) in [5.74, 6) is 0.515. The number of hydrogen-bond donors (Lipinski definition) is 2. The Labute approximate surface area is 138 Å². The summed E-state index contributed by atoms with van der Waals surface area (Å²) < 4.78 is 24.8. The number of likely N-dealkylation sites (tertiary alicyclic amines) is 1. The van der Waals surface area contributed by atoms with E-state index in [1.54, 1.807) is 0 Å². The molecule has 23 heavy (non-hydrogen) atoms. The van der Waals surface area contributed by atoms with Crippen LogP contribution >= 0.6 is 0 Å². The van der Waals surface area contributed by atoms with E-state index in [0.29, 0.717) is 18.0 Å². The molecular formula is C18H29F2N3. The van der Waals surface area contributed by atoms with Crippen molar-refractivity contribution in [3.05, 3.63) is 30.3 Å². The van der Waals surface area contributed by atoms with Gasteiger partial charge in [0.05, 0.1) is 6.54 Å². The van der Waals surface area contributed by atoms with Gasteiger partial charge in [0.2, 0.25) is 0 Å². The van der Waals surface area contributed by atoms with E-state index < -0.39 is 6.43 Å². The molecule has 0 spiro atoms. The molecule has 0 saturated carbocycles. The predicted molar refractivity (Wildman–Crippen MR) is 92.2 cm³/mol. The van der Waals surface area contributed by atoms with Crippen LogP contribution in [0.3, 0.4) is 0 Å². The Balaban J connectivity index is 1.74. The molecule has 1 atom stereocenters. The summed E-state index contributed by atoms with van der Waals surface area (Å²) in [7, 11) is 0. The second kappa shape index (κ2) is 9.18. The summed E-state index contributed by atoms with van der Waals surface area (Å²) in [6.45, 7) is 6.77. The second-order valence-corrected chi connectivity index (χ2v) is 6.74. The highest BCUT2D eigenvalue weighted by Gasteiger charge is 2.22. The number of para-hydroxylation sites is 1. The molecule has 0 radical (unpaired) electrons. The van der Waals surface area contributed by atoms with Crippen LogP contribution in [0.4, 0.5) is 14.5 Å². The van der Waals surface area contributed by atoms with E-state index in [2.05, 4.69) is 36.6 Å². The Hall–Kier alpha value is -1.20. The number of hydrogen-bond acceptors (Lipinski definition) is 3. The fraction of sp³-hybridized carbons (Fsp3) is 0.667. The summed E-state index contributed by atoms with van der Waals surface area (Å²) >= 11 is 0. The second-order valence-electron chi connectivity index (χ2n) is 6.74. The topological polar surface area (TPSA) is 27.3 Å². The zero-order valence-electron chi connectivity index (χ0n) is 14.1. The van der Waals surface area contributed by atoms with Crippen LogP contribution in [0.5, 0.6) is 0 Å². The van der Waals surface area contributed by atoms with Gasteiger partial charge < -0.3 is 10.6 Å². The van der Waals surface area contributed by atoms with Crippen molar-refractivity contribution in [1.82, 2.24) is 10.2 Å². The van der Waals surface area contributed by atoms with Crippen molar-refractivity contribution in [1.29, 1.82) is 0 Å². The first-order valence-electron chi connectivity index (χ1n) is 8.60. The molecule has 1 fully saturated rings. The molecule has 0 amide bonds. The third-order valence-corrected chi connectivity index (χ3v) is 4.54. The fourth-order valence-corrected chi connectivity index (χ4v) is 3.01. The minimum absolute atomic E-state index is 0.0864. The molecule has 0 unspecified atom stereocenters. The predicted octanol–water partition coefficient (Wildman–Crippen LogP) is 3.44. The van der Waals surface area contributed by atoms with Crippen molar-refractivity contribution < 1.29 is 8.78 Å². The Kier molecular flexibility index (Phi) is 7.24. The molecular weight excluding hydrogens is 296 g/mol. The van der Waals surface area contributed by atoms with E-state index in [1.807, 2.05) is 23.1 Å². The minimum Gasteiger partial charge on any atom is -0.381 e. The van der Waals surface area contributed by atoms with Crippen molar-refractivity contribution in [2.75, 3.05) is 31.5 Å². The number of anilines is 1. The molecule has 1 aromatic carbocycles. The lowest BCUT2D eigenvalue weighted by Gasteiger charge is -2.33. The molecule has 1 aliphatic heterocycles. The Morgan fingerprint density at radius 1 is 1.13 bits per heavy atom. The SMILES string of the molecule is CC(C)[C@@H](CNC1CCN(CC(F)F)CC1)Nc1ccccc1. The number of nitrogens with one attached hydrogen (secondary N) is 2. The van der Waals surface area contributed by atoms with Crippen molar-refractivity contribution in [2.24, 2.45) is 5.92 Å². The summed E-state index contributed by atoms with van der Waals surface area (Å²) in [5, 5.41) is 7.20. The molecule has 0 bridgehead atoms. The van der Waals surface area contributed by atoms with Crippen LogP contribution in [0, 0.1) is 5.92 Å². The van der Waals surface area contributed by atoms with Crippen molar-refractivity contribution in [3.63, 3.8) is 0 Å². The number of rotatable bonds is 8. The lowest BCUT2D eigenvalue weighted by atomic mass is 10.0. The average molecular weight is 325 g/mol. The number of piperidine rings is 1. The van der Waals surface area contributed by atoms with Gasteiger partial charge in [-0.3, -0.25) is 4.90 Å². The van der Waals surface area contributed by atoms with Gasteiger partial charge in [-0.15, -0.1) is 0 Å². The van der Waals surface area contributed by atoms with Crippen LogP contribution in [-0.4, -0.2) is 49.6 Å². The average Bonchev–Trinajstić information content (AvgIpc) is 2.53.